The molecular weight excluding hydrogens is 496 g/mol. The zero-order valence-corrected chi connectivity index (χ0v) is 23.1. The highest BCUT2D eigenvalue weighted by atomic mass is 14.9. The van der Waals surface area contributed by atoms with Gasteiger partial charge in [0.1, 0.15) is 0 Å². The molecule has 0 N–H and O–H groups in total. The normalized spacial score (nSPS) is 13.3. The van der Waals surface area contributed by atoms with Crippen LogP contribution in [0.1, 0.15) is 25.1 Å². The van der Waals surface area contributed by atoms with Crippen molar-refractivity contribution in [3.8, 4) is 44.9 Å². The molecule has 6 aromatic carbocycles. The SMILES string of the molecule is CC1(C)c2ccc3ccccc3c2-c2c(-c3cccc4ccccc34)nc(-c3cccc(-c4ccccc4)c3)nc21. The highest BCUT2D eigenvalue weighted by Crippen LogP contribution is 2.54. The molecule has 0 unspecified atom stereocenters. The Morgan fingerprint density at radius 3 is 1.95 bits per heavy atom. The number of fused-ring (bicyclic) bond motifs is 6. The fourth-order valence-electron chi connectivity index (χ4n) is 6.56. The Morgan fingerprint density at radius 1 is 0.488 bits per heavy atom. The van der Waals surface area contributed by atoms with E-state index in [9.17, 15) is 0 Å². The van der Waals surface area contributed by atoms with E-state index in [1.165, 1.54) is 38.2 Å². The lowest BCUT2D eigenvalue weighted by Gasteiger charge is -2.21. The van der Waals surface area contributed by atoms with Crippen molar-refractivity contribution in [2.24, 2.45) is 0 Å². The quantitative estimate of drug-likeness (QED) is 0.230. The molecule has 1 aromatic heterocycles. The van der Waals surface area contributed by atoms with Gasteiger partial charge in [0, 0.05) is 22.1 Å². The second-order valence-corrected chi connectivity index (χ2v) is 11.4. The highest BCUT2D eigenvalue weighted by molar-refractivity contribution is 6.08. The summed E-state index contributed by atoms with van der Waals surface area (Å²) in [6.07, 6.45) is 0. The van der Waals surface area contributed by atoms with E-state index in [4.69, 9.17) is 9.97 Å². The van der Waals surface area contributed by atoms with Gasteiger partial charge in [0.25, 0.3) is 0 Å². The minimum absolute atomic E-state index is 0.275. The van der Waals surface area contributed by atoms with Gasteiger partial charge in [0.2, 0.25) is 0 Å². The maximum Gasteiger partial charge on any atom is 0.160 e. The van der Waals surface area contributed by atoms with E-state index in [2.05, 4.69) is 147 Å². The first-order valence-corrected chi connectivity index (χ1v) is 14.2. The zero-order chi connectivity index (χ0) is 27.6. The molecule has 1 aliphatic carbocycles. The fourth-order valence-corrected chi connectivity index (χ4v) is 6.56. The molecule has 0 bridgehead atoms. The van der Waals surface area contributed by atoms with Crippen molar-refractivity contribution in [1.82, 2.24) is 9.97 Å². The number of nitrogens with zero attached hydrogens (tertiary/aromatic N) is 2. The molecule has 0 saturated carbocycles. The molecule has 41 heavy (non-hydrogen) atoms. The van der Waals surface area contributed by atoms with Crippen LogP contribution in [0, 0.1) is 0 Å². The third-order valence-corrected chi connectivity index (χ3v) is 8.63. The molecule has 1 aliphatic rings. The van der Waals surface area contributed by atoms with E-state index in [0.29, 0.717) is 0 Å². The summed E-state index contributed by atoms with van der Waals surface area (Å²) < 4.78 is 0. The average molecular weight is 525 g/mol. The summed E-state index contributed by atoms with van der Waals surface area (Å²) in [5.41, 5.74) is 10.0. The Balaban J connectivity index is 1.47. The Labute approximate surface area is 240 Å². The van der Waals surface area contributed by atoms with Gasteiger partial charge in [-0.2, -0.15) is 0 Å². The molecule has 0 saturated heterocycles. The van der Waals surface area contributed by atoms with Gasteiger partial charge in [0.05, 0.1) is 11.4 Å². The molecule has 2 nitrogen and oxygen atoms in total. The number of benzene rings is 6. The van der Waals surface area contributed by atoms with E-state index in [-0.39, 0.29) is 5.41 Å². The second kappa shape index (κ2) is 8.97. The van der Waals surface area contributed by atoms with Gasteiger partial charge in [0.15, 0.2) is 5.82 Å². The van der Waals surface area contributed by atoms with Gasteiger partial charge in [-0.1, -0.05) is 141 Å². The predicted molar refractivity (Wildman–Crippen MR) is 171 cm³/mol. The molecule has 8 rings (SSSR count). The standard InChI is InChI=1S/C39H28N2/c1-39(2)33-23-22-27-15-7-9-20-31(27)34(33)35-36(32-21-11-16-26-14-6-8-19-30(26)32)40-38(41-37(35)39)29-18-10-17-28(24-29)25-12-4-3-5-13-25/h3-24H,1-2H3. The summed E-state index contributed by atoms with van der Waals surface area (Å²) in [6.45, 7) is 4.60. The minimum atomic E-state index is -0.275. The van der Waals surface area contributed by atoms with Crippen molar-refractivity contribution in [1.29, 1.82) is 0 Å². The van der Waals surface area contributed by atoms with Crippen LogP contribution in [0.2, 0.25) is 0 Å². The van der Waals surface area contributed by atoms with Gasteiger partial charge in [-0.3, -0.25) is 0 Å². The van der Waals surface area contributed by atoms with Crippen LogP contribution >= 0.6 is 0 Å². The first-order valence-electron chi connectivity index (χ1n) is 14.2. The number of hydrogen-bond donors (Lipinski definition) is 0. The van der Waals surface area contributed by atoms with E-state index < -0.39 is 0 Å². The fraction of sp³-hybridized carbons (Fsp3) is 0.0769. The lowest BCUT2D eigenvalue weighted by Crippen LogP contribution is -2.17. The molecule has 0 atom stereocenters. The summed E-state index contributed by atoms with van der Waals surface area (Å²) >= 11 is 0. The van der Waals surface area contributed by atoms with E-state index >= 15 is 0 Å². The van der Waals surface area contributed by atoms with Gasteiger partial charge < -0.3 is 0 Å². The number of hydrogen-bond acceptors (Lipinski definition) is 2. The highest BCUT2D eigenvalue weighted by Gasteiger charge is 2.41. The zero-order valence-electron chi connectivity index (χ0n) is 23.1. The minimum Gasteiger partial charge on any atom is -0.231 e. The van der Waals surface area contributed by atoms with Crippen LogP contribution in [0.25, 0.3) is 66.4 Å². The first-order chi connectivity index (χ1) is 20.1. The van der Waals surface area contributed by atoms with Crippen molar-refractivity contribution >= 4 is 21.5 Å². The van der Waals surface area contributed by atoms with Crippen LogP contribution in [0.4, 0.5) is 0 Å². The Morgan fingerprint density at radius 2 is 1.12 bits per heavy atom. The largest absolute Gasteiger partial charge is 0.231 e. The van der Waals surface area contributed by atoms with E-state index in [1.807, 2.05) is 0 Å². The van der Waals surface area contributed by atoms with E-state index in [0.717, 1.165) is 39.5 Å². The van der Waals surface area contributed by atoms with Gasteiger partial charge in [-0.05, 0) is 49.9 Å². The van der Waals surface area contributed by atoms with Gasteiger partial charge >= 0.3 is 0 Å². The van der Waals surface area contributed by atoms with Crippen LogP contribution in [-0.2, 0) is 5.41 Å². The molecule has 2 heteroatoms. The summed E-state index contributed by atoms with van der Waals surface area (Å²) in [5.74, 6) is 0.759. The molecule has 0 aliphatic heterocycles. The molecule has 194 valence electrons. The van der Waals surface area contributed by atoms with Crippen molar-refractivity contribution in [3.05, 3.63) is 145 Å². The van der Waals surface area contributed by atoms with Crippen molar-refractivity contribution in [2.45, 2.75) is 19.3 Å². The Kier molecular flexibility index (Phi) is 5.20. The number of aromatic nitrogens is 2. The second-order valence-electron chi connectivity index (χ2n) is 11.4. The van der Waals surface area contributed by atoms with Crippen LogP contribution in [0.3, 0.4) is 0 Å². The maximum absolute atomic E-state index is 5.43. The lowest BCUT2D eigenvalue weighted by atomic mass is 9.84. The first kappa shape index (κ1) is 23.8. The monoisotopic (exact) mass is 524 g/mol. The smallest absolute Gasteiger partial charge is 0.160 e. The van der Waals surface area contributed by atoms with Gasteiger partial charge in [-0.15, -0.1) is 0 Å². The van der Waals surface area contributed by atoms with Crippen LogP contribution in [-0.4, -0.2) is 9.97 Å². The molecule has 0 amide bonds. The third-order valence-electron chi connectivity index (χ3n) is 8.63. The molecule has 1 heterocycles. The lowest BCUT2D eigenvalue weighted by molar-refractivity contribution is 0.636. The molecule has 0 fully saturated rings. The molecule has 7 aromatic rings. The van der Waals surface area contributed by atoms with Crippen molar-refractivity contribution in [2.75, 3.05) is 0 Å². The Hall–Kier alpha value is -5.08. The van der Waals surface area contributed by atoms with Gasteiger partial charge in [-0.25, -0.2) is 9.97 Å². The van der Waals surface area contributed by atoms with Crippen LogP contribution < -0.4 is 0 Å². The van der Waals surface area contributed by atoms with Crippen LogP contribution in [0.15, 0.2) is 133 Å². The van der Waals surface area contributed by atoms with E-state index in [1.54, 1.807) is 0 Å². The van der Waals surface area contributed by atoms with Crippen molar-refractivity contribution < 1.29 is 0 Å². The van der Waals surface area contributed by atoms with Crippen LogP contribution in [0.5, 0.6) is 0 Å². The molecule has 0 radical (unpaired) electrons. The van der Waals surface area contributed by atoms with Crippen molar-refractivity contribution in [3.63, 3.8) is 0 Å². The maximum atomic E-state index is 5.43. The summed E-state index contributed by atoms with van der Waals surface area (Å²) in [5, 5.41) is 4.89. The predicted octanol–water partition coefficient (Wildman–Crippen LogP) is 10.1. The summed E-state index contributed by atoms with van der Waals surface area (Å²) in [4.78, 5) is 10.8. The average Bonchev–Trinajstić information content (AvgIpc) is 3.27. The number of rotatable bonds is 3. The third kappa shape index (κ3) is 3.64. The molecule has 0 spiro atoms. The Bertz CT molecular complexity index is 2120. The topological polar surface area (TPSA) is 25.8 Å². The molecular formula is C39H28N2. The summed E-state index contributed by atoms with van der Waals surface area (Å²) in [7, 11) is 0. The summed E-state index contributed by atoms with van der Waals surface area (Å²) in [6, 6.07) is 47.5.